The molecule has 0 radical (unpaired) electrons. The highest BCUT2D eigenvalue weighted by atomic mass is 15.5. The van der Waals surface area contributed by atoms with Crippen LogP contribution in [-0.4, -0.2) is 26.1 Å². The molecule has 1 aliphatic carbocycles. The van der Waals surface area contributed by atoms with Gasteiger partial charge in [-0.15, -0.1) is 5.10 Å². The number of hydrogen-bond acceptors (Lipinski definition) is 5. The summed E-state index contributed by atoms with van der Waals surface area (Å²) in [6.07, 6.45) is 8.80. The van der Waals surface area contributed by atoms with E-state index in [0.29, 0.717) is 11.8 Å². The highest BCUT2D eigenvalue weighted by Gasteiger charge is 2.46. The lowest BCUT2D eigenvalue weighted by Crippen LogP contribution is -2.51. The fourth-order valence-corrected chi connectivity index (χ4v) is 3.09. The molecular weight excluding hydrogens is 204 g/mol. The van der Waals surface area contributed by atoms with E-state index >= 15 is 0 Å². The Bertz CT molecular complexity index is 407. The number of piperidine rings is 1. The Labute approximate surface area is 93.6 Å². The summed E-state index contributed by atoms with van der Waals surface area (Å²) in [5.74, 6) is 0.940. The molecule has 1 saturated heterocycles. The number of aromatic nitrogens is 3. The Kier molecular flexibility index (Phi) is 2.07. The van der Waals surface area contributed by atoms with E-state index in [-0.39, 0.29) is 12.3 Å². The molecule has 2 fully saturated rings. The van der Waals surface area contributed by atoms with Crippen molar-refractivity contribution in [1.29, 1.82) is 5.26 Å². The highest BCUT2D eigenvalue weighted by molar-refractivity contribution is 4.99. The maximum atomic E-state index is 9.23. The zero-order valence-corrected chi connectivity index (χ0v) is 8.90. The number of nitrogens with zero attached hydrogens (tertiary/aromatic N) is 5. The van der Waals surface area contributed by atoms with Crippen LogP contribution in [0, 0.1) is 23.3 Å². The smallest absolute Gasteiger partial charge is 0.182 e. The number of fused-ring (bicyclic) bond motifs is 2. The predicted molar refractivity (Wildman–Crippen MR) is 55.3 cm³/mol. The van der Waals surface area contributed by atoms with E-state index < -0.39 is 0 Å². The largest absolute Gasteiger partial charge is 0.310 e. The molecule has 0 spiro atoms. The number of rotatable bonds is 1. The third kappa shape index (κ3) is 1.21. The summed E-state index contributed by atoms with van der Waals surface area (Å²) in [6.45, 7) is 0. The first kappa shape index (κ1) is 9.60. The molecule has 4 unspecified atom stereocenters. The first-order chi connectivity index (χ1) is 7.81. The first-order valence-corrected chi connectivity index (χ1v) is 5.60. The van der Waals surface area contributed by atoms with Crippen LogP contribution >= 0.6 is 0 Å². The van der Waals surface area contributed by atoms with Crippen molar-refractivity contribution in [3.8, 4) is 6.19 Å². The van der Waals surface area contributed by atoms with Crippen molar-refractivity contribution < 1.29 is 0 Å². The highest BCUT2D eigenvalue weighted by Crippen LogP contribution is 2.46. The summed E-state index contributed by atoms with van der Waals surface area (Å²) >= 11 is 0. The molecule has 6 heteroatoms. The fourth-order valence-electron chi connectivity index (χ4n) is 3.09. The minimum absolute atomic E-state index is 0.0405. The number of likely N-dealkylation sites (tertiary alicyclic amines) is 1. The molecule has 16 heavy (non-hydrogen) atoms. The predicted octanol–water partition coefficient (Wildman–Crippen LogP) is 0.274. The van der Waals surface area contributed by atoms with Crippen LogP contribution in [-0.2, 0) is 0 Å². The van der Waals surface area contributed by atoms with E-state index in [2.05, 4.69) is 16.5 Å². The van der Waals surface area contributed by atoms with Crippen LogP contribution in [0.1, 0.15) is 25.4 Å². The quantitative estimate of drug-likeness (QED) is 0.684. The maximum absolute atomic E-state index is 9.23. The molecule has 1 aliphatic heterocycles. The van der Waals surface area contributed by atoms with Gasteiger partial charge in [-0.1, -0.05) is 5.21 Å². The van der Waals surface area contributed by atoms with Gasteiger partial charge >= 0.3 is 0 Å². The lowest BCUT2D eigenvalue weighted by molar-refractivity contribution is 0.0338. The van der Waals surface area contributed by atoms with Crippen LogP contribution in [0.15, 0.2) is 12.4 Å². The van der Waals surface area contributed by atoms with Crippen molar-refractivity contribution in [2.24, 2.45) is 17.6 Å². The van der Waals surface area contributed by atoms with Crippen LogP contribution in [0.2, 0.25) is 0 Å². The minimum Gasteiger partial charge on any atom is -0.310 e. The summed E-state index contributed by atoms with van der Waals surface area (Å²) < 4.78 is 1.76. The Morgan fingerprint density at radius 3 is 2.88 bits per heavy atom. The van der Waals surface area contributed by atoms with E-state index in [1.165, 1.54) is 0 Å². The Morgan fingerprint density at radius 1 is 1.38 bits per heavy atom. The SMILES string of the molecule is N#CN1C(N)C2CCC(C2)C1n1ccnn1. The van der Waals surface area contributed by atoms with Gasteiger partial charge in [0.05, 0.1) is 12.4 Å². The number of nitrogens with two attached hydrogens (primary N) is 1. The van der Waals surface area contributed by atoms with Gasteiger partial charge in [-0.25, -0.2) is 4.68 Å². The molecule has 0 aromatic carbocycles. The van der Waals surface area contributed by atoms with Crippen molar-refractivity contribution in [2.45, 2.75) is 31.6 Å². The van der Waals surface area contributed by atoms with E-state index in [1.807, 2.05) is 0 Å². The van der Waals surface area contributed by atoms with Gasteiger partial charge in [0.15, 0.2) is 6.19 Å². The topological polar surface area (TPSA) is 83.8 Å². The summed E-state index contributed by atoms with van der Waals surface area (Å²) in [6, 6.07) is 0. The van der Waals surface area contributed by atoms with E-state index in [0.717, 1.165) is 19.3 Å². The number of hydrogen-bond donors (Lipinski definition) is 1. The second kappa shape index (κ2) is 3.46. The van der Waals surface area contributed by atoms with Crippen molar-refractivity contribution in [1.82, 2.24) is 19.9 Å². The van der Waals surface area contributed by atoms with Gasteiger partial charge in [-0.2, -0.15) is 5.26 Å². The second-order valence-corrected chi connectivity index (χ2v) is 4.63. The third-order valence-electron chi connectivity index (χ3n) is 3.85. The van der Waals surface area contributed by atoms with Gasteiger partial charge in [-0.05, 0) is 25.2 Å². The summed E-state index contributed by atoms with van der Waals surface area (Å²) in [5.41, 5.74) is 6.11. The normalized spacial score (nSPS) is 37.4. The monoisotopic (exact) mass is 218 g/mol. The second-order valence-electron chi connectivity index (χ2n) is 4.63. The van der Waals surface area contributed by atoms with Crippen LogP contribution < -0.4 is 5.73 Å². The standard InChI is InChI=1S/C10H14N6/c11-6-15-9(12)7-1-2-8(5-7)10(15)16-4-3-13-14-16/h3-4,7-10H,1-2,5,12H2. The first-order valence-electron chi connectivity index (χ1n) is 5.60. The van der Waals surface area contributed by atoms with Crippen molar-refractivity contribution >= 4 is 0 Å². The van der Waals surface area contributed by atoms with Crippen LogP contribution in [0.5, 0.6) is 0 Å². The van der Waals surface area contributed by atoms with Crippen molar-refractivity contribution in [2.75, 3.05) is 0 Å². The molecule has 1 aromatic rings. The minimum atomic E-state index is -0.169. The van der Waals surface area contributed by atoms with Gasteiger partial charge in [0, 0.05) is 12.1 Å². The van der Waals surface area contributed by atoms with Gasteiger partial charge in [-0.3, -0.25) is 4.90 Å². The average Bonchev–Trinajstić information content (AvgIpc) is 2.94. The summed E-state index contributed by atoms with van der Waals surface area (Å²) in [4.78, 5) is 1.68. The Balaban J connectivity index is 1.98. The van der Waals surface area contributed by atoms with E-state index in [1.54, 1.807) is 22.0 Å². The molecule has 1 aromatic heterocycles. The fraction of sp³-hybridized carbons (Fsp3) is 0.700. The third-order valence-corrected chi connectivity index (χ3v) is 3.85. The lowest BCUT2D eigenvalue weighted by atomic mass is 9.93. The Hall–Kier alpha value is -1.61. The molecule has 3 rings (SSSR count). The van der Waals surface area contributed by atoms with E-state index in [4.69, 9.17) is 5.73 Å². The lowest BCUT2D eigenvalue weighted by Gasteiger charge is -2.40. The Morgan fingerprint density at radius 2 is 2.19 bits per heavy atom. The average molecular weight is 218 g/mol. The zero-order chi connectivity index (χ0) is 11.1. The van der Waals surface area contributed by atoms with Gasteiger partial charge in [0.25, 0.3) is 0 Å². The maximum Gasteiger partial charge on any atom is 0.182 e. The molecule has 4 atom stereocenters. The van der Waals surface area contributed by atoms with Crippen LogP contribution in [0.3, 0.4) is 0 Å². The van der Waals surface area contributed by atoms with Gasteiger partial charge in [0.2, 0.25) is 0 Å². The van der Waals surface area contributed by atoms with Gasteiger partial charge in [0.1, 0.15) is 6.17 Å². The van der Waals surface area contributed by atoms with Crippen LogP contribution in [0.4, 0.5) is 0 Å². The molecule has 2 aliphatic rings. The van der Waals surface area contributed by atoms with Crippen molar-refractivity contribution in [3.05, 3.63) is 12.4 Å². The molecule has 2 N–H and O–H groups in total. The molecule has 2 heterocycles. The summed E-state index contributed by atoms with van der Waals surface area (Å²) in [7, 11) is 0. The van der Waals surface area contributed by atoms with Gasteiger partial charge < -0.3 is 5.73 Å². The van der Waals surface area contributed by atoms with Crippen molar-refractivity contribution in [3.63, 3.8) is 0 Å². The molecule has 84 valence electrons. The van der Waals surface area contributed by atoms with Crippen LogP contribution in [0.25, 0.3) is 0 Å². The molecule has 0 amide bonds. The molecule has 6 nitrogen and oxygen atoms in total. The molecule has 2 bridgehead atoms. The summed E-state index contributed by atoms with van der Waals surface area (Å²) in [5, 5.41) is 17.0. The van der Waals surface area contributed by atoms with E-state index in [9.17, 15) is 5.26 Å². The molecular formula is C10H14N6. The molecule has 1 saturated carbocycles. The number of nitriles is 1. The zero-order valence-electron chi connectivity index (χ0n) is 8.90.